The predicted molar refractivity (Wildman–Crippen MR) is 114 cm³/mol. The van der Waals surface area contributed by atoms with Crippen LogP contribution in [0, 0.1) is 0 Å². The van der Waals surface area contributed by atoms with Crippen LogP contribution in [0.2, 0.25) is 0 Å². The molecule has 0 aliphatic carbocycles. The second-order valence-electron chi connectivity index (χ2n) is 9.09. The van der Waals surface area contributed by atoms with E-state index in [0.29, 0.717) is 12.6 Å². The summed E-state index contributed by atoms with van der Waals surface area (Å²) in [5.41, 5.74) is 0. The SMILES string of the molecule is CC(C)N1CCN(CCCC2C(N3CCN(CCC(=O)O)CC3)OC(=O)N2C)CC1. The fourth-order valence-corrected chi connectivity index (χ4v) is 4.77. The standard InChI is InChI=1S/C21H39N5O4/c1-17(2)25-13-9-23(10-14-25)7-4-5-18-20(30-21(29)22(18)3)26-15-11-24(12-16-26)8-6-19(27)28/h17-18,20H,4-16H2,1-3H3,(H,27,28). The molecule has 3 heterocycles. The third-order valence-corrected chi connectivity index (χ3v) is 6.86. The van der Waals surface area contributed by atoms with Crippen molar-refractivity contribution in [3.63, 3.8) is 0 Å². The molecule has 9 nitrogen and oxygen atoms in total. The zero-order chi connectivity index (χ0) is 21.7. The minimum absolute atomic E-state index is 0.0834. The fraction of sp³-hybridized carbons (Fsp3) is 0.905. The molecule has 3 saturated heterocycles. The number of nitrogens with zero attached hydrogens (tertiary/aromatic N) is 5. The average molecular weight is 426 g/mol. The Morgan fingerprint density at radius 3 is 2.23 bits per heavy atom. The van der Waals surface area contributed by atoms with Gasteiger partial charge in [0.1, 0.15) is 0 Å². The van der Waals surface area contributed by atoms with Crippen molar-refractivity contribution in [1.29, 1.82) is 0 Å². The molecule has 172 valence electrons. The molecule has 0 spiro atoms. The minimum atomic E-state index is -0.755. The zero-order valence-electron chi connectivity index (χ0n) is 18.8. The molecule has 3 aliphatic rings. The van der Waals surface area contributed by atoms with Crippen molar-refractivity contribution in [1.82, 2.24) is 24.5 Å². The van der Waals surface area contributed by atoms with Gasteiger partial charge in [0.05, 0.1) is 12.5 Å². The molecule has 1 N–H and O–H groups in total. The molecule has 2 atom stereocenters. The number of hydrogen-bond donors (Lipinski definition) is 1. The van der Waals surface area contributed by atoms with E-state index in [-0.39, 0.29) is 24.8 Å². The Morgan fingerprint density at radius 1 is 1.03 bits per heavy atom. The van der Waals surface area contributed by atoms with E-state index in [9.17, 15) is 9.59 Å². The van der Waals surface area contributed by atoms with E-state index in [0.717, 1.165) is 71.7 Å². The maximum Gasteiger partial charge on any atom is 0.411 e. The quantitative estimate of drug-likeness (QED) is 0.577. The highest BCUT2D eigenvalue weighted by Crippen LogP contribution is 2.26. The van der Waals surface area contributed by atoms with Crippen molar-refractivity contribution < 1.29 is 19.4 Å². The number of amides is 1. The van der Waals surface area contributed by atoms with Gasteiger partial charge in [-0.05, 0) is 33.2 Å². The second-order valence-corrected chi connectivity index (χ2v) is 9.09. The van der Waals surface area contributed by atoms with Crippen LogP contribution in [0.5, 0.6) is 0 Å². The van der Waals surface area contributed by atoms with Crippen molar-refractivity contribution in [3.8, 4) is 0 Å². The molecular formula is C21H39N5O4. The third-order valence-electron chi connectivity index (χ3n) is 6.86. The molecule has 0 aromatic rings. The monoisotopic (exact) mass is 425 g/mol. The molecule has 3 rings (SSSR count). The zero-order valence-corrected chi connectivity index (χ0v) is 18.8. The van der Waals surface area contributed by atoms with Gasteiger partial charge in [0.2, 0.25) is 0 Å². The highest BCUT2D eigenvalue weighted by atomic mass is 16.6. The number of carbonyl (C=O) groups is 2. The van der Waals surface area contributed by atoms with E-state index in [2.05, 4.69) is 33.4 Å². The van der Waals surface area contributed by atoms with Gasteiger partial charge in [-0.1, -0.05) is 0 Å². The number of rotatable bonds is 9. The summed E-state index contributed by atoms with van der Waals surface area (Å²) in [6.45, 7) is 13.9. The van der Waals surface area contributed by atoms with Crippen LogP contribution in [0.4, 0.5) is 4.79 Å². The van der Waals surface area contributed by atoms with Crippen LogP contribution in [0.3, 0.4) is 0 Å². The van der Waals surface area contributed by atoms with Gasteiger partial charge in [0, 0.05) is 72.0 Å². The molecule has 0 radical (unpaired) electrons. The largest absolute Gasteiger partial charge is 0.481 e. The predicted octanol–water partition coefficient (Wildman–Crippen LogP) is 0.662. The molecule has 2 unspecified atom stereocenters. The molecule has 30 heavy (non-hydrogen) atoms. The lowest BCUT2D eigenvalue weighted by Crippen LogP contribution is -2.54. The topological polar surface area (TPSA) is 79.8 Å². The molecule has 3 fully saturated rings. The Labute approximate surface area is 180 Å². The average Bonchev–Trinajstić information content (AvgIpc) is 3.01. The summed E-state index contributed by atoms with van der Waals surface area (Å²) in [5, 5.41) is 8.87. The number of carbonyl (C=O) groups excluding carboxylic acids is 1. The number of carboxylic acid groups (broad SMARTS) is 1. The number of cyclic esters (lactones) is 1. The first-order valence-electron chi connectivity index (χ1n) is 11.4. The summed E-state index contributed by atoms with van der Waals surface area (Å²) in [6, 6.07) is 0.702. The van der Waals surface area contributed by atoms with Gasteiger partial charge in [-0.3, -0.25) is 14.6 Å². The number of piperazine rings is 2. The van der Waals surface area contributed by atoms with Crippen LogP contribution in [-0.4, -0.2) is 132 Å². The van der Waals surface area contributed by atoms with Crippen LogP contribution in [0.1, 0.15) is 33.1 Å². The Bertz CT molecular complexity index is 574. The summed E-state index contributed by atoms with van der Waals surface area (Å²) in [6.07, 6.45) is 1.75. The van der Waals surface area contributed by atoms with Crippen molar-refractivity contribution in [2.24, 2.45) is 0 Å². The Balaban J connectivity index is 1.43. The molecule has 0 aromatic heterocycles. The number of carboxylic acids is 1. The molecule has 0 bridgehead atoms. The molecule has 3 aliphatic heterocycles. The lowest BCUT2D eigenvalue weighted by atomic mass is 10.1. The molecule has 0 aromatic carbocycles. The van der Waals surface area contributed by atoms with Gasteiger partial charge >= 0.3 is 12.1 Å². The van der Waals surface area contributed by atoms with E-state index in [1.165, 1.54) is 0 Å². The van der Waals surface area contributed by atoms with Crippen LogP contribution in [-0.2, 0) is 9.53 Å². The first-order valence-corrected chi connectivity index (χ1v) is 11.4. The van der Waals surface area contributed by atoms with Gasteiger partial charge in [-0.15, -0.1) is 0 Å². The van der Waals surface area contributed by atoms with Gasteiger partial charge < -0.3 is 24.5 Å². The third kappa shape index (κ3) is 6.06. The summed E-state index contributed by atoms with van der Waals surface area (Å²) >= 11 is 0. The van der Waals surface area contributed by atoms with Crippen molar-refractivity contribution in [2.45, 2.75) is 51.4 Å². The van der Waals surface area contributed by atoms with Crippen molar-refractivity contribution >= 4 is 12.1 Å². The molecular weight excluding hydrogens is 386 g/mol. The smallest absolute Gasteiger partial charge is 0.411 e. The lowest BCUT2D eigenvalue weighted by molar-refractivity contribution is -0.137. The highest BCUT2D eigenvalue weighted by molar-refractivity contribution is 5.70. The van der Waals surface area contributed by atoms with Gasteiger partial charge in [-0.25, -0.2) is 4.79 Å². The number of likely N-dealkylation sites (N-methyl/N-ethyl adjacent to an activating group) is 1. The maximum atomic E-state index is 12.2. The summed E-state index contributed by atoms with van der Waals surface area (Å²) in [7, 11) is 1.84. The van der Waals surface area contributed by atoms with E-state index in [1.807, 2.05) is 7.05 Å². The maximum absolute atomic E-state index is 12.2. The first-order chi connectivity index (χ1) is 14.3. The summed E-state index contributed by atoms with van der Waals surface area (Å²) in [4.78, 5) is 34.3. The summed E-state index contributed by atoms with van der Waals surface area (Å²) in [5.74, 6) is -0.755. The number of aliphatic carboxylic acids is 1. The van der Waals surface area contributed by atoms with Crippen LogP contribution < -0.4 is 0 Å². The number of hydrogen-bond acceptors (Lipinski definition) is 7. The van der Waals surface area contributed by atoms with Crippen LogP contribution in [0.15, 0.2) is 0 Å². The van der Waals surface area contributed by atoms with E-state index < -0.39 is 5.97 Å². The van der Waals surface area contributed by atoms with Crippen molar-refractivity contribution in [2.75, 3.05) is 72.5 Å². The Hall–Kier alpha value is -1.42. The molecule has 1 amide bonds. The van der Waals surface area contributed by atoms with E-state index >= 15 is 0 Å². The normalized spacial score (nSPS) is 27.7. The van der Waals surface area contributed by atoms with Crippen LogP contribution in [0.25, 0.3) is 0 Å². The minimum Gasteiger partial charge on any atom is -0.481 e. The van der Waals surface area contributed by atoms with Crippen LogP contribution >= 0.6 is 0 Å². The highest BCUT2D eigenvalue weighted by Gasteiger charge is 2.43. The Kier molecular flexibility index (Phi) is 8.33. The van der Waals surface area contributed by atoms with Gasteiger partial charge in [0.15, 0.2) is 6.23 Å². The lowest BCUT2D eigenvalue weighted by Gasteiger charge is -2.39. The number of ether oxygens (including phenoxy) is 1. The summed E-state index contributed by atoms with van der Waals surface area (Å²) < 4.78 is 5.72. The fourth-order valence-electron chi connectivity index (χ4n) is 4.77. The molecule has 0 saturated carbocycles. The van der Waals surface area contributed by atoms with E-state index in [1.54, 1.807) is 4.90 Å². The molecule has 9 heteroatoms. The van der Waals surface area contributed by atoms with Gasteiger partial charge in [-0.2, -0.15) is 0 Å². The Morgan fingerprint density at radius 2 is 1.63 bits per heavy atom. The second kappa shape index (κ2) is 10.7. The first kappa shape index (κ1) is 23.2. The van der Waals surface area contributed by atoms with Gasteiger partial charge in [0.25, 0.3) is 0 Å². The van der Waals surface area contributed by atoms with E-state index in [4.69, 9.17) is 9.84 Å². The van der Waals surface area contributed by atoms with Crippen molar-refractivity contribution in [3.05, 3.63) is 0 Å².